The number of fused-ring (bicyclic) bond motifs is 1. The van der Waals surface area contributed by atoms with Crippen molar-refractivity contribution in [3.8, 4) is 11.5 Å². The van der Waals surface area contributed by atoms with Crippen LogP contribution in [-0.2, 0) is 4.79 Å². The first-order chi connectivity index (χ1) is 8.64. The summed E-state index contributed by atoms with van der Waals surface area (Å²) >= 11 is 0. The fraction of sp³-hybridized carbons (Fsp3) is 0.308. The molecule has 0 bridgehead atoms. The standard InChI is InChI=1S/C13H12O5/c14-6-13(16)4-3-9(15)12(13)8-1-2-10-11(5-8)18-7-17-10/h1-5,12,14,16H,6-7H2/t12?,13-/m1/s1. The number of carbonyl (C=O) groups excluding carboxylic acids is 1. The average Bonchev–Trinajstić information content (AvgIpc) is 2.94. The molecule has 0 aromatic heterocycles. The molecule has 1 aliphatic carbocycles. The van der Waals surface area contributed by atoms with Crippen LogP contribution in [0.4, 0.5) is 0 Å². The number of hydrogen-bond donors (Lipinski definition) is 2. The Labute approximate surface area is 103 Å². The Morgan fingerprint density at radius 1 is 1.33 bits per heavy atom. The monoisotopic (exact) mass is 248 g/mol. The van der Waals surface area contributed by atoms with E-state index >= 15 is 0 Å². The second-order valence-electron chi connectivity index (χ2n) is 4.43. The molecule has 1 aromatic rings. The third kappa shape index (κ3) is 1.52. The van der Waals surface area contributed by atoms with Gasteiger partial charge >= 0.3 is 0 Å². The molecule has 5 heteroatoms. The van der Waals surface area contributed by atoms with Crippen LogP contribution in [0.15, 0.2) is 30.4 Å². The first kappa shape index (κ1) is 11.3. The van der Waals surface area contributed by atoms with Gasteiger partial charge in [-0.2, -0.15) is 0 Å². The minimum Gasteiger partial charge on any atom is -0.454 e. The normalized spacial score (nSPS) is 29.0. The van der Waals surface area contributed by atoms with Crippen molar-refractivity contribution in [2.24, 2.45) is 0 Å². The van der Waals surface area contributed by atoms with Crippen LogP contribution in [0, 0.1) is 0 Å². The molecule has 0 radical (unpaired) electrons. The van der Waals surface area contributed by atoms with Gasteiger partial charge in [0.2, 0.25) is 6.79 Å². The first-order valence-electron chi connectivity index (χ1n) is 5.60. The predicted octanol–water partition coefficient (Wildman–Crippen LogP) is 0.361. The summed E-state index contributed by atoms with van der Waals surface area (Å²) in [5, 5.41) is 19.5. The summed E-state index contributed by atoms with van der Waals surface area (Å²) in [6, 6.07) is 5.06. The number of allylic oxidation sites excluding steroid dienone is 1. The minimum absolute atomic E-state index is 0.153. The van der Waals surface area contributed by atoms with Crippen molar-refractivity contribution in [2.45, 2.75) is 11.5 Å². The lowest BCUT2D eigenvalue weighted by atomic mass is 9.84. The van der Waals surface area contributed by atoms with E-state index in [1.165, 1.54) is 12.2 Å². The van der Waals surface area contributed by atoms with E-state index in [1.807, 2.05) is 0 Å². The Morgan fingerprint density at radius 2 is 2.11 bits per heavy atom. The highest BCUT2D eigenvalue weighted by molar-refractivity contribution is 6.00. The number of carbonyl (C=O) groups is 1. The van der Waals surface area contributed by atoms with E-state index < -0.39 is 18.1 Å². The Bertz CT molecular complexity index is 536. The summed E-state index contributed by atoms with van der Waals surface area (Å²) in [6.07, 6.45) is 2.63. The van der Waals surface area contributed by atoms with Crippen LogP contribution in [0.5, 0.6) is 11.5 Å². The third-order valence-corrected chi connectivity index (χ3v) is 3.30. The van der Waals surface area contributed by atoms with Crippen molar-refractivity contribution in [2.75, 3.05) is 13.4 Å². The van der Waals surface area contributed by atoms with Crippen molar-refractivity contribution in [1.82, 2.24) is 0 Å². The molecule has 5 nitrogen and oxygen atoms in total. The Hall–Kier alpha value is -1.85. The van der Waals surface area contributed by atoms with E-state index in [2.05, 4.69) is 0 Å². The number of aliphatic hydroxyl groups excluding tert-OH is 1. The molecule has 0 amide bonds. The molecule has 0 saturated carbocycles. The largest absolute Gasteiger partial charge is 0.454 e. The second kappa shape index (κ2) is 3.83. The molecular formula is C13H12O5. The lowest BCUT2D eigenvalue weighted by molar-refractivity contribution is -0.119. The van der Waals surface area contributed by atoms with E-state index in [1.54, 1.807) is 18.2 Å². The molecule has 0 fully saturated rings. The number of ketones is 1. The van der Waals surface area contributed by atoms with Gasteiger partial charge in [0.15, 0.2) is 17.3 Å². The van der Waals surface area contributed by atoms with Crippen molar-refractivity contribution in [3.05, 3.63) is 35.9 Å². The highest BCUT2D eigenvalue weighted by Gasteiger charge is 2.43. The van der Waals surface area contributed by atoms with E-state index in [0.29, 0.717) is 17.1 Å². The fourth-order valence-corrected chi connectivity index (χ4v) is 2.35. The Morgan fingerprint density at radius 3 is 2.89 bits per heavy atom. The highest BCUT2D eigenvalue weighted by Crippen LogP contribution is 2.40. The van der Waals surface area contributed by atoms with Crippen LogP contribution in [0.2, 0.25) is 0 Å². The zero-order valence-electron chi connectivity index (χ0n) is 9.50. The Kier molecular flexibility index (Phi) is 2.39. The molecule has 2 N–H and O–H groups in total. The number of ether oxygens (including phenoxy) is 2. The second-order valence-corrected chi connectivity index (χ2v) is 4.43. The van der Waals surface area contributed by atoms with Gasteiger partial charge in [0, 0.05) is 0 Å². The topological polar surface area (TPSA) is 76.0 Å². The maximum Gasteiger partial charge on any atom is 0.231 e. The molecule has 2 aliphatic rings. The van der Waals surface area contributed by atoms with Crippen LogP contribution in [0.3, 0.4) is 0 Å². The third-order valence-electron chi connectivity index (χ3n) is 3.30. The van der Waals surface area contributed by atoms with Crippen LogP contribution in [0.25, 0.3) is 0 Å². The summed E-state index contributed by atoms with van der Waals surface area (Å²) in [4.78, 5) is 11.8. The molecular weight excluding hydrogens is 236 g/mol. The van der Waals surface area contributed by atoms with Gasteiger partial charge in [0.05, 0.1) is 12.5 Å². The molecule has 18 heavy (non-hydrogen) atoms. The molecule has 2 atom stereocenters. The molecule has 3 rings (SSSR count). The number of rotatable bonds is 2. The van der Waals surface area contributed by atoms with Crippen LogP contribution >= 0.6 is 0 Å². The lowest BCUT2D eigenvalue weighted by Crippen LogP contribution is -2.37. The minimum atomic E-state index is -1.54. The number of aliphatic hydroxyl groups is 2. The quantitative estimate of drug-likeness (QED) is 0.790. The van der Waals surface area contributed by atoms with Gasteiger partial charge in [-0.25, -0.2) is 0 Å². The van der Waals surface area contributed by atoms with E-state index in [-0.39, 0.29) is 12.6 Å². The van der Waals surface area contributed by atoms with Gasteiger partial charge < -0.3 is 19.7 Å². The molecule has 1 aromatic carbocycles. The van der Waals surface area contributed by atoms with E-state index in [0.717, 1.165) is 0 Å². The van der Waals surface area contributed by atoms with Crippen LogP contribution in [0.1, 0.15) is 11.5 Å². The van der Waals surface area contributed by atoms with E-state index in [4.69, 9.17) is 9.47 Å². The molecule has 1 aliphatic heterocycles. The maximum atomic E-state index is 11.8. The van der Waals surface area contributed by atoms with Crippen molar-refractivity contribution in [3.63, 3.8) is 0 Å². The molecule has 94 valence electrons. The van der Waals surface area contributed by atoms with Gasteiger partial charge in [-0.15, -0.1) is 0 Å². The Balaban J connectivity index is 2.02. The maximum absolute atomic E-state index is 11.8. The predicted molar refractivity (Wildman–Crippen MR) is 61.5 cm³/mol. The SMILES string of the molecule is O=C1C=C[C@@](O)(CO)C1c1ccc2c(c1)OCO2. The smallest absolute Gasteiger partial charge is 0.231 e. The molecule has 1 unspecified atom stereocenters. The average molecular weight is 248 g/mol. The summed E-state index contributed by atoms with van der Waals surface area (Å²) in [7, 11) is 0. The molecule has 1 heterocycles. The summed E-state index contributed by atoms with van der Waals surface area (Å²) in [5.41, 5.74) is -0.934. The first-order valence-corrected chi connectivity index (χ1v) is 5.60. The summed E-state index contributed by atoms with van der Waals surface area (Å²) in [6.45, 7) is -0.353. The van der Waals surface area contributed by atoms with Crippen molar-refractivity contribution in [1.29, 1.82) is 0 Å². The highest BCUT2D eigenvalue weighted by atomic mass is 16.7. The van der Waals surface area contributed by atoms with Gasteiger partial charge in [-0.1, -0.05) is 6.07 Å². The number of hydrogen-bond acceptors (Lipinski definition) is 5. The van der Waals surface area contributed by atoms with Gasteiger partial charge in [-0.3, -0.25) is 4.79 Å². The van der Waals surface area contributed by atoms with Crippen molar-refractivity contribution >= 4 is 5.78 Å². The molecule has 0 spiro atoms. The zero-order chi connectivity index (χ0) is 12.8. The van der Waals surface area contributed by atoms with Crippen LogP contribution in [-0.4, -0.2) is 35.0 Å². The molecule has 0 saturated heterocycles. The van der Waals surface area contributed by atoms with Crippen LogP contribution < -0.4 is 9.47 Å². The van der Waals surface area contributed by atoms with E-state index in [9.17, 15) is 15.0 Å². The van der Waals surface area contributed by atoms with Gasteiger partial charge in [0.25, 0.3) is 0 Å². The van der Waals surface area contributed by atoms with Gasteiger partial charge in [-0.05, 0) is 29.8 Å². The lowest BCUT2D eigenvalue weighted by Gasteiger charge is -2.26. The summed E-state index contributed by atoms with van der Waals surface area (Å²) in [5.74, 6) is 0.139. The zero-order valence-corrected chi connectivity index (χ0v) is 9.50. The fourth-order valence-electron chi connectivity index (χ4n) is 2.35. The van der Waals surface area contributed by atoms with Gasteiger partial charge in [0.1, 0.15) is 5.60 Å². The summed E-state index contributed by atoms with van der Waals surface area (Å²) < 4.78 is 10.4. The van der Waals surface area contributed by atoms with Crippen molar-refractivity contribution < 1.29 is 24.5 Å². The number of benzene rings is 1.